The first-order valence-corrected chi connectivity index (χ1v) is 28.7. The molecule has 2 fully saturated rings. The highest BCUT2D eigenvalue weighted by atomic mass is 33.1. The lowest BCUT2D eigenvalue weighted by atomic mass is 10.0. The number of primary amides is 3. The molecule has 5 rings (SSSR count). The summed E-state index contributed by atoms with van der Waals surface area (Å²) in [6.07, 6.45) is -1.62. The van der Waals surface area contributed by atoms with Crippen LogP contribution in [0.15, 0.2) is 94.1 Å². The number of amides is 11. The molecule has 0 saturated carbocycles. The number of carbonyl (C=O) groups is 11. The van der Waals surface area contributed by atoms with Gasteiger partial charge in [-0.05, 0) is 79.6 Å². The molecule has 11 amide bonds. The second-order valence-electron chi connectivity index (χ2n) is 19.3. The van der Waals surface area contributed by atoms with E-state index in [1.54, 1.807) is 48.5 Å². The van der Waals surface area contributed by atoms with Crippen molar-refractivity contribution in [3.8, 4) is 5.75 Å². The first-order valence-electron chi connectivity index (χ1n) is 26.2. The zero-order chi connectivity index (χ0) is 60.6. The number of rotatable bonds is 21. The molecule has 0 aliphatic carbocycles. The number of hydrogen-bond donors (Lipinski definition) is 14. The van der Waals surface area contributed by atoms with Crippen molar-refractivity contribution in [3.63, 3.8) is 0 Å². The smallest absolute Gasteiger partial charge is 0.246 e. The summed E-state index contributed by atoms with van der Waals surface area (Å²) < 4.78 is 0. The maximum absolute atomic E-state index is 14.7. The zero-order valence-electron chi connectivity index (χ0n) is 45.0. The van der Waals surface area contributed by atoms with Crippen LogP contribution in [-0.2, 0) is 65.6 Å². The summed E-state index contributed by atoms with van der Waals surface area (Å²) in [5, 5.41) is 36.3. The van der Waals surface area contributed by atoms with Crippen LogP contribution in [0.5, 0.6) is 5.75 Å². The molecule has 3 aromatic rings. The van der Waals surface area contributed by atoms with E-state index in [9.17, 15) is 57.8 Å². The highest BCUT2D eigenvalue weighted by Gasteiger charge is 2.41. The van der Waals surface area contributed by atoms with Crippen LogP contribution in [0.25, 0.3) is 0 Å². The minimum absolute atomic E-state index is 0.00745. The van der Waals surface area contributed by atoms with Crippen molar-refractivity contribution >= 4 is 104 Å². The van der Waals surface area contributed by atoms with Gasteiger partial charge in [-0.3, -0.25) is 57.7 Å². The van der Waals surface area contributed by atoms with E-state index in [0.717, 1.165) is 21.6 Å². The molecule has 2 aliphatic heterocycles. The lowest BCUT2D eigenvalue weighted by molar-refractivity contribution is -0.142. The van der Waals surface area contributed by atoms with Gasteiger partial charge in [0, 0.05) is 43.9 Å². The molecule has 2 saturated heterocycles. The first-order chi connectivity index (χ1) is 39.6. The Morgan fingerprint density at radius 2 is 1.22 bits per heavy atom. The summed E-state index contributed by atoms with van der Waals surface area (Å²) in [4.78, 5) is 155. The van der Waals surface area contributed by atoms with Crippen LogP contribution in [0, 0.1) is 0 Å². The largest absolute Gasteiger partial charge is 0.508 e. The second kappa shape index (κ2) is 32.6. The van der Waals surface area contributed by atoms with Crippen LogP contribution in [-0.4, -0.2) is 160 Å². The predicted molar refractivity (Wildman–Crippen MR) is 306 cm³/mol. The summed E-state index contributed by atoms with van der Waals surface area (Å²) in [6.45, 7) is -0.469. The molecule has 0 radical (unpaired) electrons. The number of benzene rings is 3. The van der Waals surface area contributed by atoms with E-state index in [1.807, 2.05) is 6.07 Å². The van der Waals surface area contributed by atoms with Gasteiger partial charge in [0.1, 0.15) is 48.0 Å². The molecule has 446 valence electrons. The topological polar surface area (TPSA) is 489 Å². The third kappa shape index (κ3) is 21.9. The van der Waals surface area contributed by atoms with E-state index >= 15 is 0 Å². The van der Waals surface area contributed by atoms with Gasteiger partial charge in [-0.25, -0.2) is 0 Å². The van der Waals surface area contributed by atoms with Crippen LogP contribution in [0.3, 0.4) is 0 Å². The lowest BCUT2D eigenvalue weighted by Crippen LogP contribution is -2.61. The minimum atomic E-state index is -1.83. The van der Waals surface area contributed by atoms with E-state index in [-0.39, 0.29) is 68.4 Å². The zero-order valence-corrected chi connectivity index (χ0v) is 46.7. The van der Waals surface area contributed by atoms with Gasteiger partial charge >= 0.3 is 0 Å². The van der Waals surface area contributed by atoms with Crippen molar-refractivity contribution in [3.05, 3.63) is 90.0 Å². The monoisotopic (exact) mass is 1190 g/mol. The van der Waals surface area contributed by atoms with Crippen molar-refractivity contribution in [1.82, 2.24) is 42.1 Å². The quantitative estimate of drug-likeness (QED) is 0.0166. The lowest BCUT2D eigenvalue weighted by Gasteiger charge is -2.31. The highest BCUT2D eigenvalue weighted by Crippen LogP contribution is 2.26. The van der Waals surface area contributed by atoms with Crippen molar-refractivity contribution in [2.24, 2.45) is 49.6 Å². The normalized spacial score (nSPS) is 21.6. The average molecular weight is 1190 g/mol. The van der Waals surface area contributed by atoms with Crippen molar-refractivity contribution < 1.29 is 57.8 Å². The minimum Gasteiger partial charge on any atom is -0.508 e. The van der Waals surface area contributed by atoms with Gasteiger partial charge in [0.25, 0.3) is 0 Å². The highest BCUT2D eigenvalue weighted by molar-refractivity contribution is 8.76. The average Bonchev–Trinajstić information content (AvgIpc) is 4.24. The SMILES string of the molecule is NC(=O)CC[C@@H]1NC(=O)[C@H](Cc2ccc(N=Nc3ccccc3)cc2)NC(=O)[C@H](Cc2ccc(O)cc2)NC(=O)[C@@H](N)CSSC[C@@H](C(=O)N2CCC[C@H]2C(=O)N[C@@H](CCCN=C(N)N)C(=O)NCC(N)=O)NC(=O)[C@H](CC(N)=O)NC1=O. The van der Waals surface area contributed by atoms with Crippen LogP contribution >= 0.6 is 21.6 Å². The van der Waals surface area contributed by atoms with Gasteiger partial charge in [0.05, 0.1) is 30.4 Å². The number of nitrogens with one attached hydrogen (secondary N) is 7. The Morgan fingerprint density at radius 1 is 0.663 bits per heavy atom. The van der Waals surface area contributed by atoms with Crippen LogP contribution in [0.4, 0.5) is 11.4 Å². The van der Waals surface area contributed by atoms with E-state index in [1.165, 1.54) is 29.2 Å². The van der Waals surface area contributed by atoms with Crippen LogP contribution in [0.1, 0.15) is 56.1 Å². The van der Waals surface area contributed by atoms with Gasteiger partial charge in [-0.1, -0.05) is 64.1 Å². The second-order valence-corrected chi connectivity index (χ2v) is 21.9. The molecular weight excluding hydrogens is 1120 g/mol. The third-order valence-electron chi connectivity index (χ3n) is 12.8. The fourth-order valence-corrected chi connectivity index (χ4v) is 10.8. The molecular formula is C52H69N17O12S2. The van der Waals surface area contributed by atoms with E-state index in [0.29, 0.717) is 28.9 Å². The standard InChI is InChI=1S/C52H69N17O12S2/c53-33-26-82-83-27-39(51(81)69-21-5-9-40(69)50(80)62-34(8-4-20-59-52(57)58)45(75)60-25-43(56)73)66-49(79)38(24-42(55)72)65-46(76)35(18-19-41(54)71)61-47(77)37(22-28-10-14-31(15-11-28)68-67-30-6-2-1-3-7-30)64-48(78)36(63-44(33)74)23-29-12-16-32(70)17-13-29/h1-3,6-7,10-17,33-40,70H,4-5,8-9,18-27,53H2,(H2,54,71)(H2,55,72)(H2,56,73)(H,60,75)(H,61,77)(H,62,80)(H,63,74)(H,64,78)(H,65,76)(H,66,79)(H4,57,58,59)/t33-,34-,35-,36-,37-,38-,39-,40-/m0/s1. The van der Waals surface area contributed by atoms with Gasteiger partial charge in [-0.15, -0.1) is 0 Å². The van der Waals surface area contributed by atoms with Crippen molar-refractivity contribution in [1.29, 1.82) is 0 Å². The van der Waals surface area contributed by atoms with Gasteiger partial charge < -0.3 is 81.6 Å². The maximum atomic E-state index is 14.7. The number of phenolic OH excluding ortho intramolecular Hbond substituents is 1. The fourth-order valence-electron chi connectivity index (χ4n) is 8.49. The van der Waals surface area contributed by atoms with Crippen LogP contribution < -0.4 is 71.6 Å². The van der Waals surface area contributed by atoms with Crippen molar-refractivity contribution in [2.75, 3.05) is 31.1 Å². The first kappa shape index (κ1) is 65.0. The van der Waals surface area contributed by atoms with Gasteiger partial charge in [0.2, 0.25) is 65.0 Å². The Kier molecular flexibility index (Phi) is 25.5. The number of likely N-dealkylation sites (tertiary alicyclic amines) is 1. The molecule has 3 aromatic carbocycles. The Bertz CT molecular complexity index is 2860. The van der Waals surface area contributed by atoms with E-state index in [2.05, 4.69) is 52.4 Å². The molecule has 0 aromatic heterocycles. The Morgan fingerprint density at radius 3 is 1.82 bits per heavy atom. The molecule has 8 atom stereocenters. The maximum Gasteiger partial charge on any atom is 0.246 e. The summed E-state index contributed by atoms with van der Waals surface area (Å²) in [7, 11) is 1.98. The third-order valence-corrected chi connectivity index (χ3v) is 15.2. The summed E-state index contributed by atoms with van der Waals surface area (Å²) in [6, 6.07) is 9.43. The molecule has 31 heteroatoms. The Labute approximate surface area is 484 Å². The molecule has 0 bridgehead atoms. The molecule has 0 spiro atoms. The Balaban J connectivity index is 1.48. The van der Waals surface area contributed by atoms with Crippen molar-refractivity contribution in [2.45, 2.75) is 106 Å². The van der Waals surface area contributed by atoms with E-state index in [4.69, 9.17) is 34.4 Å². The number of guanidine groups is 1. The number of aromatic hydroxyl groups is 1. The summed E-state index contributed by atoms with van der Waals surface area (Å²) in [5.74, 6) is -10.8. The predicted octanol–water partition coefficient (Wildman–Crippen LogP) is -2.99. The number of phenols is 1. The molecule has 2 aliphatic rings. The number of nitrogens with zero attached hydrogens (tertiary/aromatic N) is 4. The molecule has 2 heterocycles. The Hall–Kier alpha value is -8.84. The molecule has 83 heavy (non-hydrogen) atoms. The molecule has 0 unspecified atom stereocenters. The number of nitrogens with two attached hydrogens (primary N) is 6. The summed E-state index contributed by atoms with van der Waals surface area (Å²) in [5.41, 5.74) is 35.5. The van der Waals surface area contributed by atoms with E-state index < -0.39 is 139 Å². The molecule has 20 N–H and O–H groups in total. The number of hydrogen-bond acceptors (Lipinski definition) is 18. The number of carbonyl (C=O) groups excluding carboxylic acids is 11. The van der Waals surface area contributed by atoms with Crippen LogP contribution in [0.2, 0.25) is 0 Å². The molecule has 29 nitrogen and oxygen atoms in total. The summed E-state index contributed by atoms with van der Waals surface area (Å²) >= 11 is 0. The fraction of sp³-hybridized carbons (Fsp3) is 0.423. The number of aliphatic imine (C=N–C) groups is 1. The van der Waals surface area contributed by atoms with Gasteiger partial charge in [0.15, 0.2) is 5.96 Å². The van der Waals surface area contributed by atoms with Gasteiger partial charge in [-0.2, -0.15) is 10.2 Å². The number of azo groups is 1.